The molecule has 304 valence electrons. The summed E-state index contributed by atoms with van der Waals surface area (Å²) in [6.45, 7) is 8.97. The monoisotopic (exact) mass is 800 g/mol. The molecule has 0 radical (unpaired) electrons. The predicted octanol–water partition coefficient (Wildman–Crippen LogP) is 5.68. The first-order chi connectivity index (χ1) is 28.5. The number of nitrogens with zero attached hydrogens (tertiary/aromatic N) is 7. The number of ether oxygens (including phenoxy) is 1. The fraction of sp³-hybridized carbons (Fsp3) is 0.349. The van der Waals surface area contributed by atoms with Gasteiger partial charge in [0, 0.05) is 54.0 Å². The van der Waals surface area contributed by atoms with Crippen LogP contribution in [-0.4, -0.2) is 84.6 Å². The number of hydrogen-bond acceptors (Lipinski definition) is 12. The van der Waals surface area contributed by atoms with E-state index in [-0.39, 0.29) is 24.2 Å². The summed E-state index contributed by atoms with van der Waals surface area (Å²) in [4.78, 5) is 51.7. The van der Waals surface area contributed by atoms with Gasteiger partial charge in [-0.2, -0.15) is 10.1 Å². The SMILES string of the molecule is CC(C)(C)c1nc(C(=O)NCc2ccc(-c3ncnn4cc(-c5ccc(OCCN6CCC(c7ccc(NC8CCC(=O)NC8=O)nc7)CC6)cc5)cc34)cc2F)no1. The van der Waals surface area contributed by atoms with Crippen molar-refractivity contribution in [3.05, 3.63) is 108 Å². The van der Waals surface area contributed by atoms with Crippen LogP contribution in [0.5, 0.6) is 5.75 Å². The molecule has 2 aliphatic heterocycles. The number of likely N-dealkylation sites (tertiary alicyclic amines) is 1. The fourth-order valence-corrected chi connectivity index (χ4v) is 7.29. The highest BCUT2D eigenvalue weighted by molar-refractivity contribution is 6.01. The number of rotatable bonds is 12. The summed E-state index contributed by atoms with van der Waals surface area (Å²) in [7, 11) is 0. The first-order valence-corrected chi connectivity index (χ1v) is 19.7. The maximum Gasteiger partial charge on any atom is 0.292 e. The van der Waals surface area contributed by atoms with Crippen molar-refractivity contribution in [3.63, 3.8) is 0 Å². The summed E-state index contributed by atoms with van der Waals surface area (Å²) in [5.41, 5.74) is 4.84. The number of piperidine rings is 2. The number of pyridine rings is 1. The van der Waals surface area contributed by atoms with Crippen LogP contribution in [0.25, 0.3) is 27.9 Å². The first kappa shape index (κ1) is 39.3. The van der Waals surface area contributed by atoms with E-state index >= 15 is 4.39 Å². The topological polar surface area (TPSA) is 182 Å². The summed E-state index contributed by atoms with van der Waals surface area (Å²) < 4.78 is 28.4. The highest BCUT2D eigenvalue weighted by atomic mass is 19.1. The Morgan fingerprint density at radius 2 is 1.78 bits per heavy atom. The minimum Gasteiger partial charge on any atom is -0.492 e. The molecular formula is C43H45FN10O5. The Bertz CT molecular complexity index is 2470. The standard InChI is InChI=1S/C43H45FN10O5/c1-43(2,3)42-51-39(52-59-42)41(57)46-23-30-5-4-28(20-33(30)44)38-35-21-31(24-54(35)48-25-47-38)26-6-9-32(10-7-26)58-19-18-53-16-14-27(15-17-53)29-8-12-36(45-22-29)49-34-11-13-37(55)50-40(34)56/h4-10,12,20-22,24-25,27,34H,11,13-19,23H2,1-3H3,(H,45,49)(H,46,57)(H,50,55,56). The fourth-order valence-electron chi connectivity index (χ4n) is 7.29. The van der Waals surface area contributed by atoms with E-state index in [1.54, 1.807) is 16.6 Å². The van der Waals surface area contributed by atoms with Crippen LogP contribution in [0.4, 0.5) is 10.2 Å². The molecule has 8 rings (SSSR count). The Labute approximate surface area is 339 Å². The average molecular weight is 801 g/mol. The van der Waals surface area contributed by atoms with E-state index in [1.807, 2.05) is 69.6 Å². The molecule has 1 unspecified atom stereocenters. The van der Waals surface area contributed by atoms with Crippen LogP contribution in [0.3, 0.4) is 0 Å². The number of imide groups is 1. The molecule has 0 bridgehead atoms. The number of aromatic nitrogens is 6. The Morgan fingerprint density at radius 3 is 2.49 bits per heavy atom. The minimum atomic E-state index is -0.555. The van der Waals surface area contributed by atoms with Gasteiger partial charge in [-0.15, -0.1) is 0 Å². The number of hydrogen-bond donors (Lipinski definition) is 3. The molecule has 0 spiro atoms. The molecule has 1 atom stereocenters. The lowest BCUT2D eigenvalue weighted by molar-refractivity contribution is -0.133. The molecule has 6 aromatic rings. The number of benzene rings is 2. The molecule has 3 amide bonds. The predicted molar refractivity (Wildman–Crippen MR) is 216 cm³/mol. The molecule has 2 aromatic carbocycles. The molecule has 0 aliphatic carbocycles. The lowest BCUT2D eigenvalue weighted by atomic mass is 9.90. The van der Waals surface area contributed by atoms with Gasteiger partial charge in [0.15, 0.2) is 0 Å². The Balaban J connectivity index is 0.813. The van der Waals surface area contributed by atoms with Gasteiger partial charge in [0.25, 0.3) is 11.7 Å². The number of anilines is 1. The third-order valence-corrected chi connectivity index (χ3v) is 10.7. The summed E-state index contributed by atoms with van der Waals surface area (Å²) >= 11 is 0. The average Bonchev–Trinajstić information content (AvgIpc) is 3.92. The third-order valence-electron chi connectivity index (χ3n) is 10.7. The van der Waals surface area contributed by atoms with Crippen molar-refractivity contribution in [2.75, 3.05) is 31.6 Å². The summed E-state index contributed by atoms with van der Waals surface area (Å²) in [6, 6.07) is 18.2. The highest BCUT2D eigenvalue weighted by Crippen LogP contribution is 2.31. The molecule has 15 nitrogen and oxygen atoms in total. The Hall–Kier alpha value is -6.55. The van der Waals surface area contributed by atoms with Crippen LogP contribution in [0.1, 0.15) is 80.0 Å². The number of nitrogens with one attached hydrogen (secondary N) is 3. The molecule has 59 heavy (non-hydrogen) atoms. The van der Waals surface area contributed by atoms with Gasteiger partial charge in [-0.25, -0.2) is 18.9 Å². The second kappa shape index (κ2) is 16.7. The number of halogens is 1. The van der Waals surface area contributed by atoms with E-state index < -0.39 is 23.2 Å². The largest absolute Gasteiger partial charge is 0.492 e. The first-order valence-electron chi connectivity index (χ1n) is 19.7. The highest BCUT2D eigenvalue weighted by Gasteiger charge is 2.27. The maximum absolute atomic E-state index is 15.3. The van der Waals surface area contributed by atoms with Crippen LogP contribution in [0.15, 0.2) is 83.9 Å². The smallest absolute Gasteiger partial charge is 0.292 e. The number of amides is 3. The van der Waals surface area contributed by atoms with Crippen molar-refractivity contribution in [1.82, 2.24) is 45.3 Å². The van der Waals surface area contributed by atoms with E-state index in [4.69, 9.17) is 9.26 Å². The normalized spacial score (nSPS) is 16.6. The second-order valence-corrected chi connectivity index (χ2v) is 15.9. The molecule has 16 heteroatoms. The van der Waals surface area contributed by atoms with Crippen molar-refractivity contribution < 1.29 is 28.0 Å². The molecule has 6 heterocycles. The van der Waals surface area contributed by atoms with E-state index in [0.29, 0.717) is 59.4 Å². The summed E-state index contributed by atoms with van der Waals surface area (Å²) in [6.07, 6.45) is 8.07. The van der Waals surface area contributed by atoms with Crippen molar-refractivity contribution in [3.8, 4) is 28.1 Å². The van der Waals surface area contributed by atoms with Crippen LogP contribution in [-0.2, 0) is 21.5 Å². The van der Waals surface area contributed by atoms with Crippen LogP contribution in [0.2, 0.25) is 0 Å². The van der Waals surface area contributed by atoms with E-state index in [1.165, 1.54) is 18.0 Å². The van der Waals surface area contributed by atoms with E-state index in [9.17, 15) is 14.4 Å². The second-order valence-electron chi connectivity index (χ2n) is 15.9. The number of carbonyl (C=O) groups excluding carboxylic acids is 3. The van der Waals surface area contributed by atoms with Gasteiger partial charge in [-0.1, -0.05) is 56.3 Å². The zero-order valence-corrected chi connectivity index (χ0v) is 33.1. The maximum atomic E-state index is 15.3. The molecular weight excluding hydrogens is 756 g/mol. The zero-order valence-electron chi connectivity index (χ0n) is 33.1. The van der Waals surface area contributed by atoms with Gasteiger partial charge in [-0.3, -0.25) is 24.6 Å². The molecule has 2 fully saturated rings. The van der Waals surface area contributed by atoms with Gasteiger partial charge in [0.1, 0.15) is 36.4 Å². The zero-order chi connectivity index (χ0) is 41.1. The molecule has 3 N–H and O–H groups in total. The van der Waals surface area contributed by atoms with Crippen LogP contribution in [0, 0.1) is 5.82 Å². The van der Waals surface area contributed by atoms with Gasteiger partial charge in [0.05, 0.1) is 11.2 Å². The summed E-state index contributed by atoms with van der Waals surface area (Å²) in [5, 5.41) is 16.3. The Morgan fingerprint density at radius 1 is 0.983 bits per heavy atom. The van der Waals surface area contributed by atoms with Gasteiger partial charge >= 0.3 is 0 Å². The van der Waals surface area contributed by atoms with Crippen molar-refractivity contribution in [2.24, 2.45) is 0 Å². The van der Waals surface area contributed by atoms with Crippen molar-refractivity contribution >= 4 is 29.1 Å². The molecule has 2 aliphatic rings. The van der Waals surface area contributed by atoms with Crippen LogP contribution < -0.4 is 20.7 Å². The summed E-state index contributed by atoms with van der Waals surface area (Å²) in [5.74, 6) is 0.487. The Kier molecular flexibility index (Phi) is 11.1. The molecule has 4 aromatic heterocycles. The molecule has 0 saturated carbocycles. The quantitative estimate of drug-likeness (QED) is 0.129. The number of fused-ring (bicyclic) bond motifs is 1. The van der Waals surface area contributed by atoms with Crippen molar-refractivity contribution in [2.45, 2.75) is 70.4 Å². The van der Waals surface area contributed by atoms with E-state index in [0.717, 1.165) is 49.4 Å². The van der Waals surface area contributed by atoms with Crippen LogP contribution >= 0.6 is 0 Å². The van der Waals surface area contributed by atoms with Gasteiger partial charge in [0.2, 0.25) is 17.7 Å². The third kappa shape index (κ3) is 9.12. The lowest BCUT2D eigenvalue weighted by Crippen LogP contribution is -2.47. The van der Waals surface area contributed by atoms with E-state index in [2.05, 4.69) is 52.1 Å². The number of carbonyl (C=O) groups is 3. The minimum absolute atomic E-state index is 0.0533. The molecule has 2 saturated heterocycles. The van der Waals surface area contributed by atoms with Crippen molar-refractivity contribution in [1.29, 1.82) is 0 Å². The lowest BCUT2D eigenvalue weighted by Gasteiger charge is -2.32. The van der Waals surface area contributed by atoms with Gasteiger partial charge < -0.3 is 19.9 Å². The van der Waals surface area contributed by atoms with Gasteiger partial charge in [-0.05, 0) is 79.7 Å².